The molecule has 0 aromatic heterocycles. The lowest BCUT2D eigenvalue weighted by molar-refractivity contribution is -0.132. The Bertz CT molecular complexity index is 345. The van der Waals surface area contributed by atoms with E-state index in [1.54, 1.807) is 0 Å². The molecule has 2 rings (SSSR count). The molecule has 1 amide bonds. The Morgan fingerprint density at radius 3 is 2.68 bits per heavy atom. The van der Waals surface area contributed by atoms with Gasteiger partial charge in [-0.3, -0.25) is 9.69 Å². The van der Waals surface area contributed by atoms with Crippen LogP contribution in [0.5, 0.6) is 0 Å². The van der Waals surface area contributed by atoms with E-state index in [0.29, 0.717) is 13.1 Å². The van der Waals surface area contributed by atoms with E-state index in [-0.39, 0.29) is 48.5 Å². The first-order chi connectivity index (χ1) is 9.53. The Hall–Kier alpha value is -0.110. The zero-order chi connectivity index (χ0) is 14.6. The van der Waals surface area contributed by atoms with Gasteiger partial charge in [0.25, 0.3) is 0 Å². The van der Waals surface area contributed by atoms with Crippen LogP contribution in [0.15, 0.2) is 0 Å². The molecular weight excluding hydrogens is 329 g/mol. The summed E-state index contributed by atoms with van der Waals surface area (Å²) in [6.45, 7) is 8.74. The second kappa shape index (κ2) is 9.90. The van der Waals surface area contributed by atoms with Crippen LogP contribution in [0.3, 0.4) is 0 Å². The number of nitrogens with zero attached hydrogens (tertiary/aromatic N) is 1. The van der Waals surface area contributed by atoms with Crippen LogP contribution in [0.25, 0.3) is 0 Å². The molecule has 2 saturated heterocycles. The summed E-state index contributed by atoms with van der Waals surface area (Å²) >= 11 is 0. The first-order valence-electron chi connectivity index (χ1n) is 7.49. The fraction of sp³-hybridized carbons (Fsp3) is 0.929. The second-order valence-corrected chi connectivity index (χ2v) is 6.20. The molecule has 2 aliphatic heterocycles. The highest BCUT2D eigenvalue weighted by Gasteiger charge is 2.31. The first-order valence-corrected chi connectivity index (χ1v) is 7.49. The Morgan fingerprint density at radius 2 is 2.09 bits per heavy atom. The van der Waals surface area contributed by atoms with E-state index in [9.17, 15) is 4.79 Å². The van der Waals surface area contributed by atoms with Gasteiger partial charge in [0.05, 0.1) is 19.3 Å². The molecule has 8 heteroatoms. The zero-order valence-electron chi connectivity index (χ0n) is 13.4. The summed E-state index contributed by atoms with van der Waals surface area (Å²) in [5.41, 5.74) is 5.59. The van der Waals surface area contributed by atoms with Crippen molar-refractivity contribution in [2.45, 2.75) is 44.4 Å². The maximum Gasteiger partial charge on any atom is 0.249 e. The number of hydrogen-bond donors (Lipinski definition) is 2. The number of ether oxygens (including phenoxy) is 2. The fourth-order valence-electron chi connectivity index (χ4n) is 2.80. The average Bonchev–Trinajstić information content (AvgIpc) is 2.89. The molecule has 132 valence electrons. The Labute approximate surface area is 145 Å². The van der Waals surface area contributed by atoms with Crippen molar-refractivity contribution in [2.24, 2.45) is 5.73 Å². The van der Waals surface area contributed by atoms with Gasteiger partial charge in [-0.15, -0.1) is 24.8 Å². The SMILES string of the molecule is CC1(C)COCCN1CCNC(=O)[C@@H]1CC[C@H](CN)O1.Cl.Cl. The van der Waals surface area contributed by atoms with Gasteiger partial charge in [-0.2, -0.15) is 0 Å². The number of carbonyl (C=O) groups excluding carboxylic acids is 1. The minimum atomic E-state index is -0.318. The number of nitrogens with one attached hydrogen (secondary N) is 1. The standard InChI is InChI=1S/C14H27N3O3.2ClH/c1-14(2)10-19-8-7-17(14)6-5-16-13(18)12-4-3-11(9-15)20-12;;/h11-12H,3-10,15H2,1-2H3,(H,16,18);2*1H/t11-,12+;;/m1../s1. The van der Waals surface area contributed by atoms with Crippen molar-refractivity contribution < 1.29 is 14.3 Å². The number of carbonyl (C=O) groups is 1. The van der Waals surface area contributed by atoms with Gasteiger partial charge in [-0.1, -0.05) is 0 Å². The fourth-order valence-corrected chi connectivity index (χ4v) is 2.80. The number of nitrogens with two attached hydrogens (primary N) is 1. The van der Waals surface area contributed by atoms with Crippen LogP contribution in [0.2, 0.25) is 0 Å². The maximum absolute atomic E-state index is 12.0. The summed E-state index contributed by atoms with van der Waals surface area (Å²) in [6.07, 6.45) is 1.38. The molecule has 0 saturated carbocycles. The topological polar surface area (TPSA) is 76.8 Å². The molecule has 2 atom stereocenters. The summed E-state index contributed by atoms with van der Waals surface area (Å²) in [7, 11) is 0. The van der Waals surface area contributed by atoms with E-state index in [2.05, 4.69) is 24.1 Å². The third-order valence-electron chi connectivity index (χ3n) is 4.16. The van der Waals surface area contributed by atoms with E-state index in [1.165, 1.54) is 0 Å². The smallest absolute Gasteiger partial charge is 0.249 e. The molecule has 6 nitrogen and oxygen atoms in total. The lowest BCUT2D eigenvalue weighted by atomic mass is 10.0. The highest BCUT2D eigenvalue weighted by Crippen LogP contribution is 2.19. The van der Waals surface area contributed by atoms with E-state index in [4.69, 9.17) is 15.2 Å². The molecule has 0 aliphatic carbocycles. The van der Waals surface area contributed by atoms with Crippen LogP contribution in [0, 0.1) is 0 Å². The number of amides is 1. The third kappa shape index (κ3) is 5.83. The summed E-state index contributed by atoms with van der Waals surface area (Å²) in [5, 5.41) is 2.97. The quantitative estimate of drug-likeness (QED) is 0.751. The van der Waals surface area contributed by atoms with Crippen molar-refractivity contribution in [3.05, 3.63) is 0 Å². The zero-order valence-corrected chi connectivity index (χ0v) is 15.0. The van der Waals surface area contributed by atoms with Crippen LogP contribution >= 0.6 is 24.8 Å². The van der Waals surface area contributed by atoms with Crippen molar-refractivity contribution in [2.75, 3.05) is 39.4 Å². The molecule has 0 spiro atoms. The second-order valence-electron chi connectivity index (χ2n) is 6.20. The minimum Gasteiger partial charge on any atom is -0.378 e. The predicted octanol–water partition coefficient (Wildman–Crippen LogP) is 0.563. The molecule has 3 N–H and O–H groups in total. The summed E-state index contributed by atoms with van der Waals surface area (Å²) in [6, 6.07) is 0. The highest BCUT2D eigenvalue weighted by atomic mass is 35.5. The first kappa shape index (κ1) is 21.9. The van der Waals surface area contributed by atoms with Gasteiger partial charge in [0.15, 0.2) is 0 Å². The molecule has 2 fully saturated rings. The lowest BCUT2D eigenvalue weighted by Gasteiger charge is -2.42. The van der Waals surface area contributed by atoms with Gasteiger partial charge in [-0.05, 0) is 26.7 Å². The van der Waals surface area contributed by atoms with Crippen molar-refractivity contribution in [1.29, 1.82) is 0 Å². The number of morpholine rings is 1. The Morgan fingerprint density at radius 1 is 1.36 bits per heavy atom. The van der Waals surface area contributed by atoms with Crippen LogP contribution in [0.1, 0.15) is 26.7 Å². The van der Waals surface area contributed by atoms with E-state index >= 15 is 0 Å². The molecule has 0 bridgehead atoms. The van der Waals surface area contributed by atoms with Crippen molar-refractivity contribution >= 4 is 30.7 Å². The van der Waals surface area contributed by atoms with Crippen molar-refractivity contribution in [1.82, 2.24) is 10.2 Å². The van der Waals surface area contributed by atoms with Gasteiger partial charge in [-0.25, -0.2) is 0 Å². The van der Waals surface area contributed by atoms with E-state index in [0.717, 1.165) is 39.1 Å². The number of halogens is 2. The van der Waals surface area contributed by atoms with Gasteiger partial charge in [0.1, 0.15) is 6.10 Å². The lowest BCUT2D eigenvalue weighted by Crippen LogP contribution is -2.55. The summed E-state index contributed by atoms with van der Waals surface area (Å²) in [4.78, 5) is 14.3. The largest absolute Gasteiger partial charge is 0.378 e. The molecule has 0 aromatic carbocycles. The highest BCUT2D eigenvalue weighted by molar-refractivity contribution is 5.85. The minimum absolute atomic E-state index is 0. The summed E-state index contributed by atoms with van der Waals surface area (Å²) < 4.78 is 11.1. The van der Waals surface area contributed by atoms with E-state index < -0.39 is 0 Å². The number of hydrogen-bond acceptors (Lipinski definition) is 5. The Balaban J connectivity index is 0.00000220. The maximum atomic E-state index is 12.0. The van der Waals surface area contributed by atoms with Crippen LogP contribution in [0.4, 0.5) is 0 Å². The molecular formula is C14H29Cl2N3O3. The van der Waals surface area contributed by atoms with Crippen LogP contribution in [-0.4, -0.2) is 67.9 Å². The van der Waals surface area contributed by atoms with Crippen LogP contribution < -0.4 is 11.1 Å². The van der Waals surface area contributed by atoms with Crippen molar-refractivity contribution in [3.8, 4) is 0 Å². The predicted molar refractivity (Wildman–Crippen MR) is 90.9 cm³/mol. The number of rotatable bonds is 5. The molecule has 0 unspecified atom stereocenters. The van der Waals surface area contributed by atoms with Crippen molar-refractivity contribution in [3.63, 3.8) is 0 Å². The molecule has 22 heavy (non-hydrogen) atoms. The van der Waals surface area contributed by atoms with Gasteiger partial charge in [0.2, 0.25) is 5.91 Å². The molecule has 0 aromatic rings. The normalized spacial score (nSPS) is 27.6. The third-order valence-corrected chi connectivity index (χ3v) is 4.16. The summed E-state index contributed by atoms with van der Waals surface area (Å²) in [5.74, 6) is -0.00739. The monoisotopic (exact) mass is 357 g/mol. The Kier molecular flexibility index (Phi) is 9.85. The van der Waals surface area contributed by atoms with Gasteiger partial charge in [0, 0.05) is 31.7 Å². The van der Waals surface area contributed by atoms with Gasteiger partial charge < -0.3 is 20.5 Å². The van der Waals surface area contributed by atoms with E-state index in [1.807, 2.05) is 0 Å². The molecule has 2 aliphatic rings. The molecule has 0 radical (unpaired) electrons. The average molecular weight is 358 g/mol. The van der Waals surface area contributed by atoms with Crippen LogP contribution in [-0.2, 0) is 14.3 Å². The van der Waals surface area contributed by atoms with Gasteiger partial charge >= 0.3 is 0 Å². The molecule has 2 heterocycles.